The number of piperazine rings is 1. The van der Waals surface area contributed by atoms with Crippen LogP contribution in [0.3, 0.4) is 0 Å². The van der Waals surface area contributed by atoms with Crippen LogP contribution in [0.25, 0.3) is 0 Å². The van der Waals surface area contributed by atoms with Crippen molar-refractivity contribution < 1.29 is 9.59 Å². The highest BCUT2D eigenvalue weighted by atomic mass is 35.5. The minimum Gasteiger partial charge on any atom is -0.339 e. The molecule has 1 aromatic carbocycles. The molecule has 0 unspecified atom stereocenters. The summed E-state index contributed by atoms with van der Waals surface area (Å²) in [4.78, 5) is 31.8. The standard InChI is InChI=1S/C21H29Cl2N3O2/c1-3-20(27)25-10-11-26(19(14-25)15(2)24-8-4-5-9-24)21(28)13-16-6-7-17(22)18(23)12-16/h6-7,12,15,19H,3-5,8-11,13-14H2,1-2H3/t15-,19-/m0/s1. The largest absolute Gasteiger partial charge is 0.339 e. The van der Waals surface area contributed by atoms with E-state index >= 15 is 0 Å². The third-order valence-electron chi connectivity index (χ3n) is 6.01. The molecule has 3 rings (SSSR count). The van der Waals surface area contributed by atoms with Gasteiger partial charge in [-0.05, 0) is 50.6 Å². The maximum absolute atomic E-state index is 13.2. The van der Waals surface area contributed by atoms with Crippen LogP contribution in [0.2, 0.25) is 10.0 Å². The Balaban J connectivity index is 1.76. The van der Waals surface area contributed by atoms with E-state index in [2.05, 4.69) is 11.8 Å². The van der Waals surface area contributed by atoms with Gasteiger partial charge in [0.2, 0.25) is 11.8 Å². The Morgan fingerprint density at radius 3 is 2.43 bits per heavy atom. The van der Waals surface area contributed by atoms with Gasteiger partial charge in [0.1, 0.15) is 0 Å². The van der Waals surface area contributed by atoms with Gasteiger partial charge in [0, 0.05) is 32.1 Å². The maximum atomic E-state index is 13.2. The topological polar surface area (TPSA) is 43.9 Å². The van der Waals surface area contributed by atoms with Gasteiger partial charge in [-0.25, -0.2) is 0 Å². The molecule has 5 nitrogen and oxygen atoms in total. The summed E-state index contributed by atoms with van der Waals surface area (Å²) in [5.41, 5.74) is 0.860. The first-order valence-electron chi connectivity index (χ1n) is 10.2. The number of carbonyl (C=O) groups is 2. The van der Waals surface area contributed by atoms with E-state index in [4.69, 9.17) is 23.2 Å². The van der Waals surface area contributed by atoms with Gasteiger partial charge < -0.3 is 9.80 Å². The number of halogens is 2. The molecule has 0 aliphatic carbocycles. The second kappa shape index (κ2) is 9.47. The average Bonchev–Trinajstić information content (AvgIpc) is 3.24. The summed E-state index contributed by atoms with van der Waals surface area (Å²) < 4.78 is 0. The van der Waals surface area contributed by atoms with Gasteiger partial charge >= 0.3 is 0 Å². The monoisotopic (exact) mass is 425 g/mol. The van der Waals surface area contributed by atoms with Gasteiger partial charge in [-0.1, -0.05) is 36.2 Å². The number of likely N-dealkylation sites (tertiary alicyclic amines) is 1. The second-order valence-electron chi connectivity index (χ2n) is 7.76. The van der Waals surface area contributed by atoms with Crippen LogP contribution >= 0.6 is 23.2 Å². The van der Waals surface area contributed by atoms with Crippen LogP contribution in [0, 0.1) is 0 Å². The molecular weight excluding hydrogens is 397 g/mol. The zero-order valence-electron chi connectivity index (χ0n) is 16.7. The molecule has 0 bridgehead atoms. The lowest BCUT2D eigenvalue weighted by Crippen LogP contribution is -2.62. The normalized spacial score (nSPS) is 21.8. The third-order valence-corrected chi connectivity index (χ3v) is 6.75. The zero-order valence-corrected chi connectivity index (χ0v) is 18.2. The smallest absolute Gasteiger partial charge is 0.227 e. The predicted molar refractivity (Wildman–Crippen MR) is 113 cm³/mol. The van der Waals surface area contributed by atoms with Crippen molar-refractivity contribution in [3.05, 3.63) is 33.8 Å². The number of benzene rings is 1. The number of amides is 2. The van der Waals surface area contributed by atoms with Gasteiger partial charge in [-0.2, -0.15) is 0 Å². The van der Waals surface area contributed by atoms with Crippen LogP contribution in [0.1, 0.15) is 38.7 Å². The molecule has 2 atom stereocenters. The summed E-state index contributed by atoms with van der Waals surface area (Å²) in [6.45, 7) is 8.00. The molecule has 1 aromatic rings. The molecule has 2 heterocycles. The van der Waals surface area contributed by atoms with Crippen LogP contribution in [0.5, 0.6) is 0 Å². The summed E-state index contributed by atoms with van der Waals surface area (Å²) in [5, 5.41) is 0.956. The molecule has 0 saturated carbocycles. The Kier molecular flexibility index (Phi) is 7.24. The lowest BCUT2D eigenvalue weighted by Gasteiger charge is -2.46. The van der Waals surface area contributed by atoms with Crippen LogP contribution in [0.4, 0.5) is 0 Å². The van der Waals surface area contributed by atoms with Crippen molar-refractivity contribution in [3.8, 4) is 0 Å². The summed E-state index contributed by atoms with van der Waals surface area (Å²) in [5.74, 6) is 0.244. The van der Waals surface area contributed by atoms with Crippen molar-refractivity contribution in [2.45, 2.75) is 51.6 Å². The maximum Gasteiger partial charge on any atom is 0.227 e. The molecule has 2 amide bonds. The van der Waals surface area contributed by atoms with E-state index in [1.807, 2.05) is 22.8 Å². The van der Waals surface area contributed by atoms with Gasteiger partial charge in [-0.15, -0.1) is 0 Å². The molecule has 28 heavy (non-hydrogen) atoms. The second-order valence-corrected chi connectivity index (χ2v) is 8.57. The van der Waals surface area contributed by atoms with E-state index in [1.54, 1.807) is 12.1 Å². The molecule has 0 radical (unpaired) electrons. The molecular formula is C21H29Cl2N3O2. The lowest BCUT2D eigenvalue weighted by molar-refractivity contribution is -0.144. The van der Waals surface area contributed by atoms with E-state index in [0.717, 1.165) is 18.7 Å². The highest BCUT2D eigenvalue weighted by molar-refractivity contribution is 6.42. The minimum atomic E-state index is 0.0117. The number of rotatable bonds is 5. The summed E-state index contributed by atoms with van der Waals surface area (Å²) in [6.07, 6.45) is 3.20. The van der Waals surface area contributed by atoms with Crippen LogP contribution < -0.4 is 0 Å². The summed E-state index contributed by atoms with van der Waals surface area (Å²) in [6, 6.07) is 5.58. The van der Waals surface area contributed by atoms with Crippen LogP contribution in [-0.4, -0.2) is 71.3 Å². The van der Waals surface area contributed by atoms with E-state index < -0.39 is 0 Å². The van der Waals surface area contributed by atoms with E-state index in [0.29, 0.717) is 42.5 Å². The van der Waals surface area contributed by atoms with Gasteiger partial charge in [0.25, 0.3) is 0 Å². The van der Waals surface area contributed by atoms with Crippen LogP contribution in [0.15, 0.2) is 18.2 Å². The molecule has 0 N–H and O–H groups in total. The molecule has 2 fully saturated rings. The fraction of sp³-hybridized carbons (Fsp3) is 0.619. The molecule has 154 valence electrons. The van der Waals surface area contributed by atoms with Crippen molar-refractivity contribution in [1.29, 1.82) is 0 Å². The van der Waals surface area contributed by atoms with Gasteiger partial charge in [0.15, 0.2) is 0 Å². The van der Waals surface area contributed by atoms with Crippen LogP contribution in [-0.2, 0) is 16.0 Å². The van der Waals surface area contributed by atoms with E-state index in [9.17, 15) is 9.59 Å². The molecule has 2 saturated heterocycles. The Morgan fingerprint density at radius 1 is 1.07 bits per heavy atom. The first kappa shape index (κ1) is 21.4. The Morgan fingerprint density at radius 2 is 1.79 bits per heavy atom. The molecule has 2 aliphatic rings. The quantitative estimate of drug-likeness (QED) is 0.725. The molecule has 2 aliphatic heterocycles. The molecule has 7 heteroatoms. The Hall–Kier alpha value is -1.30. The van der Waals surface area contributed by atoms with Crippen molar-refractivity contribution in [1.82, 2.24) is 14.7 Å². The van der Waals surface area contributed by atoms with Gasteiger partial charge in [0.05, 0.1) is 22.5 Å². The molecule has 0 spiro atoms. The summed E-state index contributed by atoms with van der Waals surface area (Å²) in [7, 11) is 0. The van der Waals surface area contributed by atoms with Crippen molar-refractivity contribution in [3.63, 3.8) is 0 Å². The highest BCUT2D eigenvalue weighted by Gasteiger charge is 2.37. The average molecular weight is 426 g/mol. The summed E-state index contributed by atoms with van der Waals surface area (Å²) >= 11 is 12.1. The Labute approximate surface area is 177 Å². The van der Waals surface area contributed by atoms with E-state index in [-0.39, 0.29) is 23.9 Å². The fourth-order valence-corrected chi connectivity index (χ4v) is 4.62. The SMILES string of the molecule is CCC(=O)N1CCN(C(=O)Cc2ccc(Cl)c(Cl)c2)[C@H]([C@H](C)N2CCCC2)C1. The van der Waals surface area contributed by atoms with E-state index in [1.165, 1.54) is 12.8 Å². The highest BCUT2D eigenvalue weighted by Crippen LogP contribution is 2.25. The minimum absolute atomic E-state index is 0.0117. The fourth-order valence-electron chi connectivity index (χ4n) is 4.30. The lowest BCUT2D eigenvalue weighted by atomic mass is 10.0. The Bertz CT molecular complexity index is 722. The van der Waals surface area contributed by atoms with Crippen molar-refractivity contribution in [2.75, 3.05) is 32.7 Å². The third kappa shape index (κ3) is 4.81. The number of nitrogens with zero attached hydrogens (tertiary/aromatic N) is 3. The molecule has 0 aromatic heterocycles. The number of hydrogen-bond donors (Lipinski definition) is 0. The first-order valence-corrected chi connectivity index (χ1v) is 10.9. The predicted octanol–water partition coefficient (Wildman–Crippen LogP) is 3.47. The number of carbonyl (C=O) groups excluding carboxylic acids is 2. The first-order chi connectivity index (χ1) is 13.4. The number of hydrogen-bond acceptors (Lipinski definition) is 3. The van der Waals surface area contributed by atoms with Gasteiger partial charge in [-0.3, -0.25) is 14.5 Å². The zero-order chi connectivity index (χ0) is 20.3. The van der Waals surface area contributed by atoms with Crippen molar-refractivity contribution >= 4 is 35.0 Å². The van der Waals surface area contributed by atoms with Crippen molar-refractivity contribution in [2.24, 2.45) is 0 Å².